The van der Waals surface area contributed by atoms with Gasteiger partial charge in [0.2, 0.25) is 0 Å². The average Bonchev–Trinajstić information content (AvgIpc) is 2.76. The maximum Gasteiger partial charge on any atom is 0.306 e. The molecule has 18 heavy (non-hydrogen) atoms. The molecular formula is C14H22N2O2. The molecule has 3 unspecified atom stereocenters. The molecule has 0 saturated heterocycles. The van der Waals surface area contributed by atoms with Gasteiger partial charge in [0.15, 0.2) is 0 Å². The maximum absolute atomic E-state index is 11.3. The van der Waals surface area contributed by atoms with E-state index in [-0.39, 0.29) is 11.8 Å². The number of aromatic nitrogens is 2. The van der Waals surface area contributed by atoms with E-state index in [1.54, 1.807) is 6.20 Å². The van der Waals surface area contributed by atoms with E-state index in [4.69, 9.17) is 0 Å². The van der Waals surface area contributed by atoms with Gasteiger partial charge in [-0.15, -0.1) is 0 Å². The minimum absolute atomic E-state index is 0.191. The fraction of sp³-hybridized carbons (Fsp3) is 0.714. The molecule has 0 spiro atoms. The number of hydrogen-bond donors (Lipinski definition) is 1. The predicted molar refractivity (Wildman–Crippen MR) is 69.2 cm³/mol. The van der Waals surface area contributed by atoms with Gasteiger partial charge >= 0.3 is 5.97 Å². The molecule has 4 nitrogen and oxygen atoms in total. The number of imidazole rings is 1. The lowest BCUT2D eigenvalue weighted by Gasteiger charge is -2.32. The third-order valence-corrected chi connectivity index (χ3v) is 4.15. The van der Waals surface area contributed by atoms with E-state index in [0.717, 1.165) is 38.1 Å². The van der Waals surface area contributed by atoms with Gasteiger partial charge in [-0.3, -0.25) is 4.79 Å². The highest BCUT2D eigenvalue weighted by Crippen LogP contribution is 2.35. The molecule has 100 valence electrons. The first-order valence-corrected chi connectivity index (χ1v) is 6.84. The quantitative estimate of drug-likeness (QED) is 0.893. The lowest BCUT2D eigenvalue weighted by molar-refractivity contribution is -0.145. The summed E-state index contributed by atoms with van der Waals surface area (Å²) in [6, 6.07) is 0. The van der Waals surface area contributed by atoms with Crippen LogP contribution in [0.4, 0.5) is 0 Å². The van der Waals surface area contributed by atoms with Crippen LogP contribution in [0.5, 0.6) is 0 Å². The van der Waals surface area contributed by atoms with Crippen LogP contribution in [0.3, 0.4) is 0 Å². The van der Waals surface area contributed by atoms with Crippen molar-refractivity contribution in [2.45, 2.75) is 46.1 Å². The van der Waals surface area contributed by atoms with Crippen molar-refractivity contribution in [1.29, 1.82) is 0 Å². The largest absolute Gasteiger partial charge is 0.481 e. The van der Waals surface area contributed by atoms with Gasteiger partial charge in [-0.05, 0) is 38.0 Å². The molecule has 0 radical (unpaired) electrons. The summed E-state index contributed by atoms with van der Waals surface area (Å²) in [7, 11) is 0. The zero-order chi connectivity index (χ0) is 13.1. The molecule has 2 rings (SSSR count). The number of hydrogen-bond acceptors (Lipinski definition) is 2. The molecule has 1 aliphatic carbocycles. The number of aliphatic carboxylic acids is 1. The van der Waals surface area contributed by atoms with Crippen molar-refractivity contribution in [2.24, 2.45) is 17.8 Å². The summed E-state index contributed by atoms with van der Waals surface area (Å²) in [6.07, 6.45) is 7.43. The molecule has 0 aromatic carbocycles. The summed E-state index contributed by atoms with van der Waals surface area (Å²) in [5, 5.41) is 9.32. The molecule has 0 bridgehead atoms. The Hall–Kier alpha value is -1.32. The minimum Gasteiger partial charge on any atom is -0.481 e. The molecule has 1 saturated carbocycles. The Balaban J connectivity index is 2.11. The summed E-state index contributed by atoms with van der Waals surface area (Å²) in [4.78, 5) is 15.7. The molecule has 1 aliphatic rings. The van der Waals surface area contributed by atoms with Crippen LogP contribution in [0.15, 0.2) is 12.4 Å². The van der Waals surface area contributed by atoms with Gasteiger partial charge in [0.05, 0.1) is 5.92 Å². The molecule has 1 heterocycles. The molecular weight excluding hydrogens is 228 g/mol. The van der Waals surface area contributed by atoms with Gasteiger partial charge < -0.3 is 9.67 Å². The molecule has 1 N–H and O–H groups in total. The van der Waals surface area contributed by atoms with Crippen molar-refractivity contribution < 1.29 is 9.90 Å². The number of rotatable bonds is 4. The lowest BCUT2D eigenvalue weighted by atomic mass is 9.73. The normalized spacial score (nSPS) is 28.2. The zero-order valence-corrected chi connectivity index (χ0v) is 11.2. The Kier molecular flexibility index (Phi) is 4.04. The van der Waals surface area contributed by atoms with Crippen molar-refractivity contribution in [3.8, 4) is 0 Å². The van der Waals surface area contributed by atoms with Crippen molar-refractivity contribution >= 4 is 5.97 Å². The van der Waals surface area contributed by atoms with Crippen LogP contribution in [0.1, 0.15) is 38.9 Å². The van der Waals surface area contributed by atoms with Crippen LogP contribution in [-0.2, 0) is 17.8 Å². The highest BCUT2D eigenvalue weighted by molar-refractivity contribution is 5.70. The van der Waals surface area contributed by atoms with Crippen LogP contribution in [-0.4, -0.2) is 20.6 Å². The molecule has 1 fully saturated rings. The van der Waals surface area contributed by atoms with Crippen molar-refractivity contribution in [2.75, 3.05) is 0 Å². The summed E-state index contributed by atoms with van der Waals surface area (Å²) >= 11 is 0. The second-order valence-corrected chi connectivity index (χ2v) is 5.46. The Bertz CT molecular complexity index is 414. The highest BCUT2D eigenvalue weighted by Gasteiger charge is 2.34. The van der Waals surface area contributed by atoms with Gasteiger partial charge in [-0.2, -0.15) is 0 Å². The van der Waals surface area contributed by atoms with Crippen LogP contribution < -0.4 is 0 Å². The monoisotopic (exact) mass is 250 g/mol. The molecule has 3 atom stereocenters. The molecule has 0 amide bonds. The van der Waals surface area contributed by atoms with Gasteiger partial charge in [-0.25, -0.2) is 4.98 Å². The van der Waals surface area contributed by atoms with Gasteiger partial charge in [0.25, 0.3) is 0 Å². The van der Waals surface area contributed by atoms with E-state index in [2.05, 4.69) is 23.4 Å². The molecule has 1 aromatic rings. The van der Waals surface area contributed by atoms with Crippen molar-refractivity contribution in [1.82, 2.24) is 9.55 Å². The van der Waals surface area contributed by atoms with E-state index in [1.165, 1.54) is 0 Å². The van der Waals surface area contributed by atoms with Crippen molar-refractivity contribution in [3.05, 3.63) is 18.2 Å². The summed E-state index contributed by atoms with van der Waals surface area (Å²) in [5.74, 6) is 1.07. The Morgan fingerprint density at radius 3 is 3.00 bits per heavy atom. The van der Waals surface area contributed by atoms with Crippen LogP contribution >= 0.6 is 0 Å². The topological polar surface area (TPSA) is 55.1 Å². The fourth-order valence-electron chi connectivity index (χ4n) is 3.10. The van der Waals surface area contributed by atoms with E-state index >= 15 is 0 Å². The highest BCUT2D eigenvalue weighted by atomic mass is 16.4. The van der Waals surface area contributed by atoms with Crippen molar-refractivity contribution in [3.63, 3.8) is 0 Å². The van der Waals surface area contributed by atoms with E-state index < -0.39 is 5.97 Å². The fourth-order valence-corrected chi connectivity index (χ4v) is 3.10. The first-order chi connectivity index (χ1) is 8.61. The predicted octanol–water partition coefficient (Wildman–Crippen LogP) is 2.58. The van der Waals surface area contributed by atoms with E-state index in [1.807, 2.05) is 6.20 Å². The standard InChI is InChI=1S/C14H22N2O2/c1-3-16-7-6-15-13(16)9-11-8-10(2)4-5-12(11)14(17)18/h6-7,10-12H,3-5,8-9H2,1-2H3,(H,17,18). The minimum atomic E-state index is -0.637. The number of carbonyl (C=O) groups is 1. The number of carboxylic acid groups (broad SMARTS) is 1. The Labute approximate surface area is 108 Å². The molecule has 4 heteroatoms. The summed E-state index contributed by atoms with van der Waals surface area (Å²) < 4.78 is 2.11. The van der Waals surface area contributed by atoms with Crippen LogP contribution in [0.25, 0.3) is 0 Å². The lowest BCUT2D eigenvalue weighted by Crippen LogP contribution is -2.32. The van der Waals surface area contributed by atoms with Gasteiger partial charge in [-0.1, -0.05) is 6.92 Å². The van der Waals surface area contributed by atoms with E-state index in [0.29, 0.717) is 5.92 Å². The Morgan fingerprint density at radius 1 is 1.56 bits per heavy atom. The SMILES string of the molecule is CCn1ccnc1CC1CC(C)CCC1C(=O)O. The first-order valence-electron chi connectivity index (χ1n) is 6.84. The summed E-state index contributed by atoms with van der Waals surface area (Å²) in [5.41, 5.74) is 0. The second kappa shape index (κ2) is 5.55. The van der Waals surface area contributed by atoms with Gasteiger partial charge in [0.1, 0.15) is 5.82 Å². The molecule has 1 aromatic heterocycles. The first kappa shape index (κ1) is 13.1. The number of carboxylic acids is 1. The average molecular weight is 250 g/mol. The van der Waals surface area contributed by atoms with Crippen LogP contribution in [0.2, 0.25) is 0 Å². The third-order valence-electron chi connectivity index (χ3n) is 4.15. The third kappa shape index (κ3) is 2.74. The van der Waals surface area contributed by atoms with Crippen LogP contribution in [0, 0.1) is 17.8 Å². The smallest absolute Gasteiger partial charge is 0.306 e. The van der Waals surface area contributed by atoms with E-state index in [9.17, 15) is 9.90 Å². The second-order valence-electron chi connectivity index (χ2n) is 5.46. The number of nitrogens with zero attached hydrogens (tertiary/aromatic N) is 2. The number of aryl methyl sites for hydroxylation is 1. The van der Waals surface area contributed by atoms with Gasteiger partial charge in [0, 0.05) is 25.4 Å². The molecule has 0 aliphatic heterocycles. The zero-order valence-electron chi connectivity index (χ0n) is 11.2. The Morgan fingerprint density at radius 2 is 2.33 bits per heavy atom. The maximum atomic E-state index is 11.3. The summed E-state index contributed by atoms with van der Waals surface area (Å²) in [6.45, 7) is 5.20.